The lowest BCUT2D eigenvalue weighted by atomic mass is 10.1. The van der Waals surface area contributed by atoms with Gasteiger partial charge in [0.1, 0.15) is 0 Å². The maximum atomic E-state index is 7.57. The molecule has 0 spiro atoms. The fourth-order valence-electron chi connectivity index (χ4n) is 5.42. The lowest BCUT2D eigenvalue weighted by Gasteiger charge is -2.14. The minimum absolute atomic E-state index is 0.609. The van der Waals surface area contributed by atoms with Crippen LogP contribution < -0.4 is 0 Å². The van der Waals surface area contributed by atoms with E-state index in [0.29, 0.717) is 11.4 Å². The van der Waals surface area contributed by atoms with Crippen molar-refractivity contribution in [2.45, 2.75) is 0 Å². The van der Waals surface area contributed by atoms with Crippen molar-refractivity contribution in [3.05, 3.63) is 132 Å². The van der Waals surface area contributed by atoms with Gasteiger partial charge in [0, 0.05) is 21.8 Å². The van der Waals surface area contributed by atoms with E-state index in [4.69, 9.17) is 13.1 Å². The molecule has 0 aliphatic carbocycles. The highest BCUT2D eigenvalue weighted by molar-refractivity contribution is 6.15. The minimum Gasteiger partial charge on any atom is -0.307 e. The van der Waals surface area contributed by atoms with Crippen molar-refractivity contribution >= 4 is 55.0 Å². The van der Waals surface area contributed by atoms with Gasteiger partial charge in [-0.3, -0.25) is 0 Å². The summed E-state index contributed by atoms with van der Waals surface area (Å²) in [5.74, 6) is 0. The summed E-state index contributed by atoms with van der Waals surface area (Å²) in [4.78, 5) is 7.26. The third-order valence-corrected chi connectivity index (χ3v) is 6.94. The second-order valence-electron chi connectivity index (χ2n) is 8.82. The molecule has 0 saturated carbocycles. The van der Waals surface area contributed by atoms with Crippen LogP contribution >= 0.6 is 0 Å². The van der Waals surface area contributed by atoms with E-state index in [2.05, 4.69) is 85.6 Å². The molecule has 0 unspecified atom stereocenters. The second kappa shape index (κ2) is 7.60. The van der Waals surface area contributed by atoms with E-state index in [-0.39, 0.29) is 0 Å². The molecule has 0 atom stereocenters. The quantitative estimate of drug-likeness (QED) is 0.230. The van der Waals surface area contributed by atoms with Crippen LogP contribution in [0, 0.1) is 13.1 Å². The Morgan fingerprint density at radius 2 is 1.06 bits per heavy atom. The zero-order chi connectivity index (χ0) is 24.2. The number of benzene rings is 5. The number of hydrogen-bond acceptors (Lipinski definition) is 0. The highest BCUT2D eigenvalue weighted by atomic mass is 15.1. The average molecular weight is 459 g/mol. The Morgan fingerprint density at radius 3 is 1.72 bits per heavy atom. The van der Waals surface area contributed by atoms with Gasteiger partial charge in [-0.25, -0.2) is 9.69 Å². The molecular formula is C32H18N4. The first-order valence-electron chi connectivity index (χ1n) is 11.7. The Hall–Kier alpha value is -5.32. The van der Waals surface area contributed by atoms with E-state index >= 15 is 0 Å². The molecule has 0 bridgehead atoms. The summed E-state index contributed by atoms with van der Waals surface area (Å²) in [6, 6.07) is 37.0. The third-order valence-electron chi connectivity index (χ3n) is 6.94. The molecule has 0 N–H and O–H groups in total. The second-order valence-corrected chi connectivity index (χ2v) is 8.82. The summed E-state index contributed by atoms with van der Waals surface area (Å²) in [7, 11) is 0. The predicted octanol–water partition coefficient (Wildman–Crippen LogP) is 8.98. The molecule has 0 fully saturated rings. The molecule has 166 valence electrons. The van der Waals surface area contributed by atoms with Crippen LogP contribution in [0.4, 0.5) is 11.4 Å². The van der Waals surface area contributed by atoms with Gasteiger partial charge in [-0.15, -0.1) is 0 Å². The Kier molecular flexibility index (Phi) is 4.24. The standard InChI is InChI=1S/C32H18N4/c1-33-21-14-17-23(18-15-21)35-30-19-16-22(34-2)20-27(30)26-10-7-13-31(32(26)35)36-28-11-5-3-8-24(28)25-9-4-6-12-29(25)36/h3-20H. The average Bonchev–Trinajstić information content (AvgIpc) is 3.46. The first-order valence-corrected chi connectivity index (χ1v) is 11.7. The maximum absolute atomic E-state index is 7.57. The molecule has 2 heterocycles. The fraction of sp³-hybridized carbons (Fsp3) is 0. The van der Waals surface area contributed by atoms with Crippen LogP contribution in [0.2, 0.25) is 0 Å². The van der Waals surface area contributed by atoms with Gasteiger partial charge in [0.2, 0.25) is 0 Å². The van der Waals surface area contributed by atoms with Crippen molar-refractivity contribution in [1.29, 1.82) is 0 Å². The van der Waals surface area contributed by atoms with Gasteiger partial charge in [0.05, 0.1) is 40.9 Å². The molecule has 0 aliphatic rings. The number of nitrogens with zero attached hydrogens (tertiary/aromatic N) is 4. The van der Waals surface area contributed by atoms with E-state index in [1.807, 2.05) is 42.5 Å². The molecule has 0 amide bonds. The van der Waals surface area contributed by atoms with E-state index in [1.54, 1.807) is 0 Å². The fourth-order valence-corrected chi connectivity index (χ4v) is 5.42. The maximum Gasteiger partial charge on any atom is 0.188 e. The molecule has 36 heavy (non-hydrogen) atoms. The topological polar surface area (TPSA) is 18.6 Å². The van der Waals surface area contributed by atoms with Crippen LogP contribution in [0.25, 0.3) is 64.7 Å². The van der Waals surface area contributed by atoms with E-state index in [0.717, 1.165) is 44.2 Å². The van der Waals surface area contributed by atoms with Crippen molar-refractivity contribution in [1.82, 2.24) is 9.13 Å². The summed E-state index contributed by atoms with van der Waals surface area (Å²) < 4.78 is 4.59. The summed E-state index contributed by atoms with van der Waals surface area (Å²) >= 11 is 0. The van der Waals surface area contributed by atoms with Crippen molar-refractivity contribution in [3.63, 3.8) is 0 Å². The van der Waals surface area contributed by atoms with Crippen LogP contribution in [0.15, 0.2) is 109 Å². The van der Waals surface area contributed by atoms with Gasteiger partial charge in [0.25, 0.3) is 0 Å². The van der Waals surface area contributed by atoms with Crippen molar-refractivity contribution < 1.29 is 0 Å². The van der Waals surface area contributed by atoms with Gasteiger partial charge < -0.3 is 9.13 Å². The molecule has 0 aliphatic heterocycles. The number of fused-ring (bicyclic) bond motifs is 6. The van der Waals surface area contributed by atoms with Crippen LogP contribution in [0.5, 0.6) is 0 Å². The van der Waals surface area contributed by atoms with Crippen LogP contribution in [0.1, 0.15) is 0 Å². The Bertz CT molecular complexity index is 2010. The van der Waals surface area contributed by atoms with E-state index < -0.39 is 0 Å². The predicted molar refractivity (Wildman–Crippen MR) is 148 cm³/mol. The lowest BCUT2D eigenvalue weighted by molar-refractivity contribution is 1.13. The molecule has 0 saturated heterocycles. The van der Waals surface area contributed by atoms with Crippen LogP contribution in [0.3, 0.4) is 0 Å². The van der Waals surface area contributed by atoms with E-state index in [1.165, 1.54) is 10.8 Å². The number of para-hydroxylation sites is 3. The summed E-state index contributed by atoms with van der Waals surface area (Å²) in [6.45, 7) is 14.9. The monoisotopic (exact) mass is 458 g/mol. The Labute approximate surface area is 207 Å². The molecule has 2 aromatic heterocycles. The lowest BCUT2D eigenvalue weighted by Crippen LogP contribution is -2.00. The number of hydrogen-bond donors (Lipinski definition) is 0. The number of rotatable bonds is 2. The molecule has 4 nitrogen and oxygen atoms in total. The van der Waals surface area contributed by atoms with Crippen molar-refractivity contribution in [3.8, 4) is 11.4 Å². The minimum atomic E-state index is 0.609. The Morgan fingerprint density at radius 1 is 0.472 bits per heavy atom. The van der Waals surface area contributed by atoms with Gasteiger partial charge in [-0.05, 0) is 47.9 Å². The van der Waals surface area contributed by atoms with Gasteiger partial charge >= 0.3 is 0 Å². The summed E-state index contributed by atoms with van der Waals surface area (Å²) in [6.07, 6.45) is 0. The van der Waals surface area contributed by atoms with Gasteiger partial charge in [-0.1, -0.05) is 66.7 Å². The summed E-state index contributed by atoms with van der Waals surface area (Å²) in [5, 5.41) is 4.55. The van der Waals surface area contributed by atoms with Gasteiger partial charge in [0.15, 0.2) is 11.4 Å². The highest BCUT2D eigenvalue weighted by Crippen LogP contribution is 2.40. The SMILES string of the molecule is [C-]#[N+]c1ccc(-n2c3ccc([N+]#[C-])cc3c3cccc(-n4c5ccccc5c5ccccc54)c32)cc1. The highest BCUT2D eigenvalue weighted by Gasteiger charge is 2.19. The van der Waals surface area contributed by atoms with Gasteiger partial charge in [-0.2, -0.15) is 0 Å². The largest absolute Gasteiger partial charge is 0.307 e. The molecule has 7 aromatic rings. The number of aromatic nitrogens is 2. The van der Waals surface area contributed by atoms with Crippen LogP contribution in [-0.2, 0) is 0 Å². The zero-order valence-corrected chi connectivity index (χ0v) is 19.2. The third kappa shape index (κ3) is 2.73. The van der Waals surface area contributed by atoms with Crippen molar-refractivity contribution in [2.75, 3.05) is 0 Å². The van der Waals surface area contributed by atoms with E-state index in [9.17, 15) is 0 Å². The molecule has 4 heteroatoms. The normalized spacial score (nSPS) is 11.3. The Balaban J connectivity index is 1.69. The van der Waals surface area contributed by atoms with Crippen molar-refractivity contribution in [2.24, 2.45) is 0 Å². The first-order chi connectivity index (χ1) is 17.8. The van der Waals surface area contributed by atoms with Crippen LogP contribution in [-0.4, -0.2) is 9.13 Å². The first kappa shape index (κ1) is 20.1. The molecular weight excluding hydrogens is 440 g/mol. The molecule has 7 rings (SSSR count). The summed E-state index contributed by atoms with van der Waals surface area (Å²) in [5.41, 5.74) is 7.66. The smallest absolute Gasteiger partial charge is 0.188 e. The zero-order valence-electron chi connectivity index (χ0n) is 19.2. The molecule has 5 aromatic carbocycles. The molecule has 0 radical (unpaired) electrons.